The molecule has 7 nitrogen and oxygen atoms in total. The molecule has 1 atom stereocenters. The molecule has 9 heteroatoms. The van der Waals surface area contributed by atoms with Crippen LogP contribution in [0.5, 0.6) is 5.75 Å². The minimum Gasteiger partial charge on any atom is -0.482 e. The summed E-state index contributed by atoms with van der Waals surface area (Å²) < 4.78 is 48.1. The second-order valence-corrected chi connectivity index (χ2v) is 9.15. The number of pyridine rings is 1. The Morgan fingerprint density at radius 1 is 1.16 bits per heavy atom. The number of ether oxygens (including phenoxy) is 1. The van der Waals surface area contributed by atoms with Gasteiger partial charge in [0, 0.05) is 17.8 Å². The van der Waals surface area contributed by atoms with E-state index in [1.54, 1.807) is 30.3 Å². The van der Waals surface area contributed by atoms with Gasteiger partial charge >= 0.3 is 5.97 Å². The average molecular weight is 456 g/mol. The Kier molecular flexibility index (Phi) is 6.20. The van der Waals surface area contributed by atoms with Crippen LogP contribution < -0.4 is 9.46 Å². The molecule has 166 valence electrons. The summed E-state index contributed by atoms with van der Waals surface area (Å²) in [6, 6.07) is 13.7. The molecule has 32 heavy (non-hydrogen) atoms. The maximum Gasteiger partial charge on any atom is 0.341 e. The fraction of sp³-hybridized carbons (Fsp3) is 0.217. The topological polar surface area (TPSA) is 106 Å². The molecule has 0 aliphatic heterocycles. The number of carboxylic acids is 1. The summed E-state index contributed by atoms with van der Waals surface area (Å²) in [4.78, 5) is 14.9. The number of sulfonamides is 1. The van der Waals surface area contributed by atoms with Crippen molar-refractivity contribution in [1.82, 2.24) is 9.71 Å². The number of aliphatic carboxylic acids is 1. The molecule has 2 N–H and O–H groups in total. The van der Waals surface area contributed by atoms with E-state index in [1.165, 1.54) is 24.4 Å². The largest absolute Gasteiger partial charge is 0.482 e. The molecule has 0 bridgehead atoms. The SMILES string of the molecule is O=C(O)COc1cccc2c1CCCC2NS(=O)(=O)c1ccc(-c2ccccc2F)nc1. The molecule has 3 aromatic rings. The smallest absolute Gasteiger partial charge is 0.341 e. The first-order valence-corrected chi connectivity index (χ1v) is 11.5. The van der Waals surface area contributed by atoms with Crippen molar-refractivity contribution in [2.24, 2.45) is 0 Å². The van der Waals surface area contributed by atoms with Crippen LogP contribution in [0, 0.1) is 5.82 Å². The lowest BCUT2D eigenvalue weighted by atomic mass is 9.87. The number of benzene rings is 2. The Hall–Kier alpha value is -3.30. The average Bonchev–Trinajstić information content (AvgIpc) is 2.78. The van der Waals surface area contributed by atoms with Crippen molar-refractivity contribution >= 4 is 16.0 Å². The molecule has 1 aliphatic rings. The zero-order valence-corrected chi connectivity index (χ0v) is 17.8. The second kappa shape index (κ2) is 9.05. The van der Waals surface area contributed by atoms with E-state index in [2.05, 4.69) is 9.71 Å². The van der Waals surface area contributed by atoms with E-state index in [-0.39, 0.29) is 4.90 Å². The van der Waals surface area contributed by atoms with Crippen LogP contribution in [0.4, 0.5) is 4.39 Å². The van der Waals surface area contributed by atoms with Crippen LogP contribution in [0.1, 0.15) is 30.0 Å². The number of fused-ring (bicyclic) bond motifs is 1. The van der Waals surface area contributed by atoms with Crippen molar-refractivity contribution in [2.45, 2.75) is 30.2 Å². The number of carbonyl (C=O) groups is 1. The third-order valence-electron chi connectivity index (χ3n) is 5.31. The number of rotatable bonds is 7. The first-order valence-electron chi connectivity index (χ1n) is 10.0. The minimum absolute atomic E-state index is 0.0250. The first kappa shape index (κ1) is 21.9. The fourth-order valence-electron chi connectivity index (χ4n) is 3.84. The molecule has 1 unspecified atom stereocenters. The van der Waals surface area contributed by atoms with Gasteiger partial charge in [-0.15, -0.1) is 0 Å². The number of halogens is 1. The van der Waals surface area contributed by atoms with Gasteiger partial charge in [0.15, 0.2) is 6.61 Å². The Labute approximate surface area is 184 Å². The number of hydrogen-bond acceptors (Lipinski definition) is 5. The fourth-order valence-corrected chi connectivity index (χ4v) is 5.03. The number of nitrogens with zero attached hydrogens (tertiary/aromatic N) is 1. The lowest BCUT2D eigenvalue weighted by molar-refractivity contribution is -0.139. The van der Waals surface area contributed by atoms with Gasteiger partial charge in [-0.25, -0.2) is 22.3 Å². The van der Waals surface area contributed by atoms with Crippen molar-refractivity contribution < 1.29 is 27.4 Å². The molecule has 0 saturated heterocycles. The van der Waals surface area contributed by atoms with Gasteiger partial charge in [0.2, 0.25) is 10.0 Å². The van der Waals surface area contributed by atoms with Crippen molar-refractivity contribution in [3.05, 3.63) is 77.7 Å². The first-order chi connectivity index (χ1) is 15.3. The summed E-state index contributed by atoms with van der Waals surface area (Å²) in [5.74, 6) is -1.07. The van der Waals surface area contributed by atoms with Gasteiger partial charge in [0.25, 0.3) is 0 Å². The number of hydrogen-bond donors (Lipinski definition) is 2. The molecule has 0 radical (unpaired) electrons. The van der Waals surface area contributed by atoms with E-state index in [4.69, 9.17) is 9.84 Å². The van der Waals surface area contributed by atoms with E-state index in [9.17, 15) is 17.6 Å². The molecule has 1 aromatic heterocycles. The zero-order valence-electron chi connectivity index (χ0n) is 17.0. The van der Waals surface area contributed by atoms with Gasteiger partial charge in [-0.2, -0.15) is 0 Å². The third-order valence-corrected chi connectivity index (χ3v) is 6.77. The lowest BCUT2D eigenvalue weighted by Gasteiger charge is -2.27. The van der Waals surface area contributed by atoms with Crippen LogP contribution in [-0.4, -0.2) is 31.1 Å². The molecule has 0 saturated carbocycles. The summed E-state index contributed by atoms with van der Waals surface area (Å²) in [6.07, 6.45) is 3.19. The third kappa shape index (κ3) is 4.63. The van der Waals surface area contributed by atoms with E-state index in [0.717, 1.165) is 17.5 Å². The molecule has 2 aromatic carbocycles. The molecule has 4 rings (SSSR count). The van der Waals surface area contributed by atoms with Gasteiger partial charge in [-0.3, -0.25) is 4.98 Å². The highest BCUT2D eigenvalue weighted by molar-refractivity contribution is 7.89. The highest BCUT2D eigenvalue weighted by Gasteiger charge is 2.28. The molecule has 0 spiro atoms. The second-order valence-electron chi connectivity index (χ2n) is 7.43. The molecule has 1 aliphatic carbocycles. The Bertz CT molecular complexity index is 1250. The van der Waals surface area contributed by atoms with Crippen molar-refractivity contribution in [2.75, 3.05) is 6.61 Å². The van der Waals surface area contributed by atoms with E-state index >= 15 is 0 Å². The number of nitrogens with one attached hydrogen (secondary N) is 1. The molecule has 0 fully saturated rings. The van der Waals surface area contributed by atoms with Gasteiger partial charge in [0.1, 0.15) is 16.5 Å². The Morgan fingerprint density at radius 3 is 2.69 bits per heavy atom. The van der Waals surface area contributed by atoms with Crippen molar-refractivity contribution in [3.8, 4) is 17.0 Å². The van der Waals surface area contributed by atoms with Gasteiger partial charge < -0.3 is 9.84 Å². The summed E-state index contributed by atoms with van der Waals surface area (Å²) in [5, 5.41) is 8.87. The van der Waals surface area contributed by atoms with Gasteiger partial charge in [0.05, 0.1) is 5.69 Å². The lowest BCUT2D eigenvalue weighted by Crippen LogP contribution is -2.31. The monoisotopic (exact) mass is 456 g/mol. The maximum atomic E-state index is 14.0. The van der Waals surface area contributed by atoms with E-state index < -0.39 is 34.5 Å². The predicted octanol–water partition coefficient (Wildman–Crippen LogP) is 3.71. The molecular weight excluding hydrogens is 435 g/mol. The van der Waals surface area contributed by atoms with E-state index in [1.807, 2.05) is 6.07 Å². The minimum atomic E-state index is -3.89. The summed E-state index contributed by atoms with van der Waals surface area (Å²) in [6.45, 7) is -0.465. The van der Waals surface area contributed by atoms with Crippen molar-refractivity contribution in [3.63, 3.8) is 0 Å². The predicted molar refractivity (Wildman–Crippen MR) is 115 cm³/mol. The summed E-state index contributed by atoms with van der Waals surface area (Å²) >= 11 is 0. The van der Waals surface area contributed by atoms with Crippen molar-refractivity contribution in [1.29, 1.82) is 0 Å². The maximum absolute atomic E-state index is 14.0. The normalized spacial score (nSPS) is 15.7. The quantitative estimate of drug-likeness (QED) is 0.562. The highest BCUT2D eigenvalue weighted by atomic mass is 32.2. The Balaban J connectivity index is 1.57. The van der Waals surface area contributed by atoms with Gasteiger partial charge in [-0.05, 0) is 60.7 Å². The van der Waals surface area contributed by atoms with E-state index in [0.29, 0.717) is 29.8 Å². The van der Waals surface area contributed by atoms with Crippen LogP contribution >= 0.6 is 0 Å². The number of aromatic nitrogens is 1. The van der Waals surface area contributed by atoms with Crippen LogP contribution in [0.3, 0.4) is 0 Å². The van der Waals surface area contributed by atoms with Crippen LogP contribution in [-0.2, 0) is 21.2 Å². The molecule has 0 amide bonds. The summed E-state index contributed by atoms with van der Waals surface area (Å²) in [7, 11) is -3.89. The van der Waals surface area contributed by atoms with Crippen LogP contribution in [0.15, 0.2) is 65.7 Å². The molecular formula is C23H21FN2O5S. The van der Waals surface area contributed by atoms with Gasteiger partial charge in [-0.1, -0.05) is 24.3 Å². The highest BCUT2D eigenvalue weighted by Crippen LogP contribution is 2.36. The summed E-state index contributed by atoms with van der Waals surface area (Å²) in [5.41, 5.74) is 2.20. The zero-order chi connectivity index (χ0) is 22.7. The Morgan fingerprint density at radius 2 is 1.97 bits per heavy atom. The number of carboxylic acid groups (broad SMARTS) is 1. The van der Waals surface area contributed by atoms with Crippen LogP contribution in [0.2, 0.25) is 0 Å². The van der Waals surface area contributed by atoms with Crippen LogP contribution in [0.25, 0.3) is 11.3 Å². The standard InChI is InChI=1S/C23H21FN2O5S/c24-19-8-2-1-5-18(19)20-12-11-15(13-25-20)32(29,30)26-21-9-3-7-17-16(21)6-4-10-22(17)31-14-23(27)28/h1-2,4-6,8,10-13,21,26H,3,7,9,14H2,(H,27,28). The molecule has 1 heterocycles.